The molecule has 0 bridgehead atoms. The Kier molecular flexibility index (Phi) is 7.60. The van der Waals surface area contributed by atoms with Crippen molar-refractivity contribution in [1.82, 2.24) is 19.1 Å². The number of thioether (sulfide) groups is 1. The van der Waals surface area contributed by atoms with Gasteiger partial charge in [0.2, 0.25) is 15.9 Å². The topological polar surface area (TPSA) is 97.2 Å². The second-order valence-electron chi connectivity index (χ2n) is 7.10. The fraction of sp³-hybridized carbons (Fsp3) is 0.286. The summed E-state index contributed by atoms with van der Waals surface area (Å²) in [5.41, 5.74) is 1.29. The van der Waals surface area contributed by atoms with Gasteiger partial charge >= 0.3 is 0 Å². The van der Waals surface area contributed by atoms with Crippen LogP contribution in [0.5, 0.6) is 0 Å². The Bertz CT molecular complexity index is 1210. The van der Waals surface area contributed by atoms with Crippen LogP contribution < -0.4 is 5.32 Å². The van der Waals surface area contributed by atoms with E-state index in [9.17, 15) is 13.2 Å². The number of nitrogens with zero attached hydrogens (tertiary/aromatic N) is 4. The van der Waals surface area contributed by atoms with E-state index in [0.29, 0.717) is 17.4 Å². The third kappa shape index (κ3) is 5.15. The predicted molar refractivity (Wildman–Crippen MR) is 127 cm³/mol. The second-order valence-corrected chi connectivity index (χ2v) is 10.9. The number of carbonyl (C=O) groups excluding carboxylic acids is 1. The van der Waals surface area contributed by atoms with Crippen molar-refractivity contribution in [3.8, 4) is 11.4 Å². The first kappa shape index (κ1) is 24.2. The largest absolute Gasteiger partial charge is 0.325 e. The quantitative estimate of drug-likeness (QED) is 0.476. The van der Waals surface area contributed by atoms with Crippen LogP contribution in [0.3, 0.4) is 0 Å². The number of halogens is 1. The number of benzene rings is 2. The summed E-state index contributed by atoms with van der Waals surface area (Å²) in [5.74, 6) is 0.442. The Balaban J connectivity index is 1.77. The molecule has 3 aromatic rings. The molecule has 1 aromatic heterocycles. The molecule has 1 unspecified atom stereocenters. The number of anilines is 1. The summed E-state index contributed by atoms with van der Waals surface area (Å²) in [5, 5.41) is 11.5. The van der Waals surface area contributed by atoms with Crippen LogP contribution in [-0.2, 0) is 21.4 Å². The number of sulfonamides is 1. The van der Waals surface area contributed by atoms with Crippen LogP contribution in [0.25, 0.3) is 11.4 Å². The van der Waals surface area contributed by atoms with Crippen molar-refractivity contribution in [2.75, 3.05) is 19.4 Å². The lowest BCUT2D eigenvalue weighted by Crippen LogP contribution is -2.24. The van der Waals surface area contributed by atoms with Crippen LogP contribution in [0.15, 0.2) is 58.6 Å². The first-order valence-electron chi connectivity index (χ1n) is 9.83. The van der Waals surface area contributed by atoms with Gasteiger partial charge in [0.05, 0.1) is 10.3 Å². The van der Waals surface area contributed by atoms with Gasteiger partial charge in [-0.25, -0.2) is 12.7 Å². The van der Waals surface area contributed by atoms with E-state index in [4.69, 9.17) is 11.6 Å². The molecule has 0 radical (unpaired) electrons. The van der Waals surface area contributed by atoms with Crippen LogP contribution in [0.1, 0.15) is 13.8 Å². The van der Waals surface area contributed by atoms with Gasteiger partial charge in [-0.3, -0.25) is 4.79 Å². The average molecular weight is 494 g/mol. The van der Waals surface area contributed by atoms with Crippen LogP contribution in [0.4, 0.5) is 5.69 Å². The zero-order valence-corrected chi connectivity index (χ0v) is 20.5. The van der Waals surface area contributed by atoms with E-state index < -0.39 is 15.3 Å². The van der Waals surface area contributed by atoms with E-state index in [2.05, 4.69) is 15.5 Å². The number of rotatable bonds is 8. The molecule has 0 aliphatic heterocycles. The van der Waals surface area contributed by atoms with Crippen molar-refractivity contribution >= 4 is 45.0 Å². The molecule has 0 fully saturated rings. The minimum Gasteiger partial charge on any atom is -0.325 e. The fourth-order valence-electron chi connectivity index (χ4n) is 2.89. The number of nitrogens with one attached hydrogen (secondary N) is 1. The zero-order chi connectivity index (χ0) is 23.5. The van der Waals surface area contributed by atoms with Crippen molar-refractivity contribution in [2.45, 2.75) is 35.7 Å². The highest BCUT2D eigenvalue weighted by atomic mass is 35.5. The lowest BCUT2D eigenvalue weighted by Gasteiger charge is -2.16. The lowest BCUT2D eigenvalue weighted by atomic mass is 10.2. The highest BCUT2D eigenvalue weighted by molar-refractivity contribution is 8.00. The minimum absolute atomic E-state index is 0.0690. The maximum atomic E-state index is 12.8. The van der Waals surface area contributed by atoms with Gasteiger partial charge in [-0.15, -0.1) is 10.2 Å². The number of hydrogen-bond donors (Lipinski definition) is 1. The summed E-state index contributed by atoms with van der Waals surface area (Å²) in [6, 6.07) is 14.1. The Morgan fingerprint density at radius 3 is 2.50 bits per heavy atom. The molecular weight excluding hydrogens is 470 g/mol. The highest BCUT2D eigenvalue weighted by Gasteiger charge is 2.23. The molecule has 11 heteroatoms. The van der Waals surface area contributed by atoms with Crippen molar-refractivity contribution in [3.05, 3.63) is 53.6 Å². The molecule has 0 saturated heterocycles. The van der Waals surface area contributed by atoms with Gasteiger partial charge in [-0.2, -0.15) is 0 Å². The zero-order valence-electron chi connectivity index (χ0n) is 18.1. The maximum absolute atomic E-state index is 12.8. The number of carbonyl (C=O) groups is 1. The second kappa shape index (κ2) is 10.0. The van der Waals surface area contributed by atoms with E-state index in [1.807, 2.05) is 41.8 Å². The molecule has 1 amide bonds. The molecule has 1 heterocycles. The standard InChI is InChI=1S/C21H24ClN5O3S2/c1-5-27-19(15-9-7-6-8-10-15)24-25-21(27)31-14(2)20(28)23-16-11-12-17(22)18(13-16)32(29,30)26(3)4/h6-14H,5H2,1-4H3,(H,23,28). The highest BCUT2D eigenvalue weighted by Crippen LogP contribution is 2.29. The third-order valence-electron chi connectivity index (χ3n) is 4.67. The van der Waals surface area contributed by atoms with E-state index in [-0.39, 0.29) is 15.8 Å². The molecule has 8 nitrogen and oxygen atoms in total. The fourth-order valence-corrected chi connectivity index (χ4v) is 5.20. The van der Waals surface area contributed by atoms with Crippen molar-refractivity contribution in [2.24, 2.45) is 0 Å². The third-order valence-corrected chi connectivity index (χ3v) is 8.05. The van der Waals surface area contributed by atoms with Crippen molar-refractivity contribution in [1.29, 1.82) is 0 Å². The summed E-state index contributed by atoms with van der Waals surface area (Å²) < 4.78 is 27.9. The number of hydrogen-bond acceptors (Lipinski definition) is 6. The Hall–Kier alpha value is -2.40. The maximum Gasteiger partial charge on any atom is 0.244 e. The van der Waals surface area contributed by atoms with E-state index in [0.717, 1.165) is 15.7 Å². The summed E-state index contributed by atoms with van der Waals surface area (Å²) in [6.45, 7) is 4.39. The van der Waals surface area contributed by atoms with Gasteiger partial charge in [0.25, 0.3) is 0 Å². The molecule has 1 N–H and O–H groups in total. The summed E-state index contributed by atoms with van der Waals surface area (Å²) >= 11 is 7.36. The lowest BCUT2D eigenvalue weighted by molar-refractivity contribution is -0.115. The van der Waals surface area contributed by atoms with Gasteiger partial charge < -0.3 is 9.88 Å². The Morgan fingerprint density at radius 1 is 1.19 bits per heavy atom. The van der Waals surface area contributed by atoms with Crippen LogP contribution in [0.2, 0.25) is 5.02 Å². The van der Waals surface area contributed by atoms with Gasteiger partial charge in [0, 0.05) is 31.9 Å². The smallest absolute Gasteiger partial charge is 0.244 e. The molecule has 170 valence electrons. The minimum atomic E-state index is -3.74. The van der Waals surface area contributed by atoms with Gasteiger partial charge in [0.15, 0.2) is 11.0 Å². The summed E-state index contributed by atoms with van der Waals surface area (Å²) in [4.78, 5) is 12.7. The summed E-state index contributed by atoms with van der Waals surface area (Å²) in [6.07, 6.45) is 0. The molecule has 3 rings (SSSR count). The van der Waals surface area contributed by atoms with Crippen LogP contribution in [-0.4, -0.2) is 52.7 Å². The Morgan fingerprint density at radius 2 is 1.88 bits per heavy atom. The predicted octanol–water partition coefficient (Wildman–Crippen LogP) is 3.99. The Labute approximate surface area is 197 Å². The van der Waals surface area contributed by atoms with Crippen LogP contribution >= 0.6 is 23.4 Å². The molecule has 0 saturated carbocycles. The molecule has 1 atom stereocenters. The average Bonchev–Trinajstić information content (AvgIpc) is 3.17. The summed E-state index contributed by atoms with van der Waals surface area (Å²) in [7, 11) is -0.904. The monoisotopic (exact) mass is 493 g/mol. The molecule has 0 aliphatic carbocycles. The number of amides is 1. The molecule has 0 aliphatic rings. The van der Waals surface area contributed by atoms with E-state index >= 15 is 0 Å². The molecule has 32 heavy (non-hydrogen) atoms. The van der Waals surface area contributed by atoms with E-state index in [1.165, 1.54) is 38.0 Å². The van der Waals surface area contributed by atoms with Crippen LogP contribution in [0, 0.1) is 0 Å². The van der Waals surface area contributed by atoms with Gasteiger partial charge in [-0.05, 0) is 32.0 Å². The molecule has 0 spiro atoms. The van der Waals surface area contributed by atoms with Crippen molar-refractivity contribution in [3.63, 3.8) is 0 Å². The number of aromatic nitrogens is 3. The molecular formula is C21H24ClN5O3S2. The first-order chi connectivity index (χ1) is 15.1. The first-order valence-corrected chi connectivity index (χ1v) is 12.5. The normalized spacial score (nSPS) is 12.7. The van der Waals surface area contributed by atoms with Gasteiger partial charge in [-0.1, -0.05) is 53.7 Å². The SMILES string of the molecule is CCn1c(SC(C)C(=O)Nc2ccc(Cl)c(S(=O)(=O)N(C)C)c2)nnc1-c1ccccc1. The molecule has 2 aromatic carbocycles. The van der Waals surface area contributed by atoms with Crippen molar-refractivity contribution < 1.29 is 13.2 Å². The van der Waals surface area contributed by atoms with Gasteiger partial charge in [0.1, 0.15) is 4.90 Å². The van der Waals surface area contributed by atoms with E-state index in [1.54, 1.807) is 13.0 Å².